The molecule has 12 nitrogen and oxygen atoms in total. The second kappa shape index (κ2) is 10.9. The van der Waals surface area contributed by atoms with E-state index in [9.17, 15) is 4.79 Å². The highest BCUT2D eigenvalue weighted by molar-refractivity contribution is 5.95. The molecular weight excluding hydrogens is 524 g/mol. The molecule has 4 aromatic rings. The summed E-state index contributed by atoms with van der Waals surface area (Å²) >= 11 is 0. The molecule has 41 heavy (non-hydrogen) atoms. The summed E-state index contributed by atoms with van der Waals surface area (Å²) in [6.45, 7) is 0.953. The number of carbonyl (C=O) groups is 1. The number of hydrogen-bond donors (Lipinski definition) is 1. The summed E-state index contributed by atoms with van der Waals surface area (Å²) < 4.78 is 18.9. The van der Waals surface area contributed by atoms with E-state index < -0.39 is 0 Å². The number of aromatic nitrogens is 4. The number of hydrazone groups is 1. The van der Waals surface area contributed by atoms with Gasteiger partial charge in [-0.2, -0.15) is 9.78 Å². The summed E-state index contributed by atoms with van der Waals surface area (Å²) in [5, 5.41) is 16.8. The van der Waals surface area contributed by atoms with Crippen LogP contribution in [0.5, 0.6) is 17.2 Å². The number of ether oxygens (including phenoxy) is 3. The summed E-state index contributed by atoms with van der Waals surface area (Å²) in [5.41, 5.74) is 7.77. The minimum atomic E-state index is -0.323. The van der Waals surface area contributed by atoms with Crippen molar-refractivity contribution in [2.24, 2.45) is 5.10 Å². The number of nitrogens with zero attached hydrogens (tertiary/aromatic N) is 7. The number of anilines is 1. The molecule has 3 aromatic carbocycles. The second-order valence-corrected chi connectivity index (χ2v) is 10.0. The predicted octanol–water partition coefficient (Wildman–Crippen LogP) is 2.81. The number of hydrogen-bond acceptors (Lipinski definition) is 10. The van der Waals surface area contributed by atoms with E-state index in [1.54, 1.807) is 42.3 Å². The highest BCUT2D eigenvalue weighted by atomic mass is 16.7. The average Bonchev–Trinajstić information content (AvgIpc) is 3.66. The molecular formula is C29H30N8O4. The van der Waals surface area contributed by atoms with Crippen LogP contribution >= 0.6 is 0 Å². The Hall–Kier alpha value is -4.97. The van der Waals surface area contributed by atoms with Crippen LogP contribution in [0.2, 0.25) is 0 Å². The van der Waals surface area contributed by atoms with Crippen molar-refractivity contribution in [2.45, 2.75) is 12.5 Å². The normalized spacial score (nSPS) is 16.0. The Kier molecular flexibility index (Phi) is 6.98. The van der Waals surface area contributed by atoms with Crippen LogP contribution in [0.15, 0.2) is 59.7 Å². The molecule has 0 unspecified atom stereocenters. The van der Waals surface area contributed by atoms with Crippen molar-refractivity contribution in [3.05, 3.63) is 82.7 Å². The molecule has 2 aliphatic heterocycles. The number of benzene rings is 3. The van der Waals surface area contributed by atoms with Gasteiger partial charge in [0.1, 0.15) is 6.04 Å². The van der Waals surface area contributed by atoms with Crippen molar-refractivity contribution in [1.82, 2.24) is 30.5 Å². The van der Waals surface area contributed by atoms with Gasteiger partial charge in [-0.25, -0.2) is 5.43 Å². The average molecular weight is 555 g/mol. The van der Waals surface area contributed by atoms with E-state index in [1.165, 1.54) is 0 Å². The number of tetrazole rings is 1. The van der Waals surface area contributed by atoms with Gasteiger partial charge >= 0.3 is 0 Å². The number of carbonyl (C=O) groups excluding carboxylic acids is 1. The number of amides is 1. The standard InChI is InChI=1S/C29H30N8O4/c1-35(2)21-9-5-18(6-10-21)16-30-32-29(38)19-7-11-22(12-8-19)37-28(31-33-34-37)25-24-20(13-14-36(25)3)15-23-26(27(24)39-4)41-17-40-23/h5-12,15-16,25H,13-14,17H2,1-4H3,(H,32,38)/t25-/m0/s1. The summed E-state index contributed by atoms with van der Waals surface area (Å²) in [4.78, 5) is 16.9. The molecule has 2 aliphatic rings. The lowest BCUT2D eigenvalue weighted by Crippen LogP contribution is -2.35. The van der Waals surface area contributed by atoms with Crippen molar-refractivity contribution < 1.29 is 19.0 Å². The molecule has 6 rings (SSSR count). The van der Waals surface area contributed by atoms with Crippen LogP contribution in [-0.4, -0.2) is 78.8 Å². The Morgan fingerprint density at radius 2 is 1.93 bits per heavy atom. The lowest BCUT2D eigenvalue weighted by molar-refractivity contribution is 0.0955. The highest BCUT2D eigenvalue weighted by Crippen LogP contribution is 2.50. The summed E-state index contributed by atoms with van der Waals surface area (Å²) in [6.07, 6.45) is 2.43. The third kappa shape index (κ3) is 4.93. The molecule has 0 saturated carbocycles. The second-order valence-electron chi connectivity index (χ2n) is 10.0. The van der Waals surface area contributed by atoms with Crippen LogP contribution < -0.4 is 24.5 Å². The van der Waals surface area contributed by atoms with E-state index in [2.05, 4.69) is 31.0 Å². The number of likely N-dealkylation sites (N-methyl/N-ethyl adjacent to an activating group) is 1. The van der Waals surface area contributed by atoms with Gasteiger partial charge in [0.2, 0.25) is 12.5 Å². The number of nitrogens with one attached hydrogen (secondary N) is 1. The van der Waals surface area contributed by atoms with Crippen LogP contribution in [-0.2, 0) is 6.42 Å². The van der Waals surface area contributed by atoms with E-state index in [0.717, 1.165) is 35.3 Å². The first kappa shape index (κ1) is 26.3. The van der Waals surface area contributed by atoms with Crippen molar-refractivity contribution in [2.75, 3.05) is 46.5 Å². The fourth-order valence-electron chi connectivity index (χ4n) is 5.15. The van der Waals surface area contributed by atoms with Gasteiger partial charge in [-0.3, -0.25) is 9.69 Å². The molecule has 12 heteroatoms. The number of methoxy groups -OCH3 is 1. The van der Waals surface area contributed by atoms with Crippen molar-refractivity contribution >= 4 is 17.8 Å². The molecule has 0 bridgehead atoms. The monoisotopic (exact) mass is 554 g/mol. The molecule has 0 saturated heterocycles. The molecule has 1 aromatic heterocycles. The lowest BCUT2D eigenvalue weighted by Gasteiger charge is -2.34. The number of fused-ring (bicyclic) bond motifs is 2. The van der Waals surface area contributed by atoms with Gasteiger partial charge in [0, 0.05) is 37.5 Å². The van der Waals surface area contributed by atoms with Crippen LogP contribution in [0.25, 0.3) is 5.69 Å². The van der Waals surface area contributed by atoms with Crippen LogP contribution in [0, 0.1) is 0 Å². The first-order valence-electron chi connectivity index (χ1n) is 13.1. The van der Waals surface area contributed by atoms with E-state index in [4.69, 9.17) is 14.2 Å². The third-order valence-electron chi connectivity index (χ3n) is 7.30. The molecule has 0 spiro atoms. The Morgan fingerprint density at radius 3 is 2.66 bits per heavy atom. The lowest BCUT2D eigenvalue weighted by atomic mass is 9.90. The van der Waals surface area contributed by atoms with Gasteiger partial charge in [-0.05, 0) is 77.5 Å². The summed E-state index contributed by atoms with van der Waals surface area (Å²) in [6, 6.07) is 16.6. The first-order valence-corrected chi connectivity index (χ1v) is 13.1. The maximum Gasteiger partial charge on any atom is 0.271 e. The molecule has 1 amide bonds. The first-order chi connectivity index (χ1) is 19.9. The van der Waals surface area contributed by atoms with Crippen molar-refractivity contribution in [1.29, 1.82) is 0 Å². The Balaban J connectivity index is 1.23. The maximum atomic E-state index is 12.7. The van der Waals surface area contributed by atoms with Gasteiger partial charge < -0.3 is 19.1 Å². The smallest absolute Gasteiger partial charge is 0.271 e. The molecule has 0 fully saturated rings. The SMILES string of the molecule is COc1c2c(cc3c1[C@@H](c1nnnn1-c1ccc(C(=O)NN=Cc4ccc(N(C)C)cc4)cc1)N(C)CC3)OCO2. The van der Waals surface area contributed by atoms with Gasteiger partial charge in [-0.1, -0.05) is 12.1 Å². The number of rotatable bonds is 7. The minimum absolute atomic E-state index is 0.155. The Bertz CT molecular complexity index is 1600. The fraction of sp³-hybridized carbons (Fsp3) is 0.276. The largest absolute Gasteiger partial charge is 0.492 e. The van der Waals surface area contributed by atoms with Gasteiger partial charge in [-0.15, -0.1) is 5.10 Å². The van der Waals surface area contributed by atoms with Gasteiger partial charge in [0.15, 0.2) is 17.3 Å². The van der Waals surface area contributed by atoms with E-state index >= 15 is 0 Å². The zero-order valence-electron chi connectivity index (χ0n) is 23.2. The summed E-state index contributed by atoms with van der Waals surface area (Å²) in [7, 11) is 7.62. The third-order valence-corrected chi connectivity index (χ3v) is 7.30. The summed E-state index contributed by atoms with van der Waals surface area (Å²) in [5.74, 6) is 2.20. The van der Waals surface area contributed by atoms with E-state index in [0.29, 0.717) is 34.3 Å². The van der Waals surface area contributed by atoms with Crippen LogP contribution in [0.3, 0.4) is 0 Å². The van der Waals surface area contributed by atoms with Crippen molar-refractivity contribution in [3.63, 3.8) is 0 Å². The highest BCUT2D eigenvalue weighted by Gasteiger charge is 2.37. The molecule has 1 atom stereocenters. The van der Waals surface area contributed by atoms with Crippen LogP contribution in [0.4, 0.5) is 5.69 Å². The topological polar surface area (TPSA) is 119 Å². The molecule has 0 aliphatic carbocycles. The zero-order chi connectivity index (χ0) is 28.5. The minimum Gasteiger partial charge on any atom is -0.492 e. The molecule has 210 valence electrons. The van der Waals surface area contributed by atoms with Gasteiger partial charge in [0.05, 0.1) is 19.0 Å². The maximum absolute atomic E-state index is 12.7. The van der Waals surface area contributed by atoms with E-state index in [-0.39, 0.29) is 18.7 Å². The Labute approximate surface area is 237 Å². The van der Waals surface area contributed by atoms with Crippen LogP contribution in [0.1, 0.15) is 38.9 Å². The molecule has 0 radical (unpaired) electrons. The Morgan fingerprint density at radius 1 is 1.15 bits per heavy atom. The quantitative estimate of drug-likeness (QED) is 0.272. The zero-order valence-corrected chi connectivity index (χ0v) is 23.2. The van der Waals surface area contributed by atoms with E-state index in [1.807, 2.05) is 56.4 Å². The predicted molar refractivity (Wildman–Crippen MR) is 152 cm³/mol. The molecule has 3 heterocycles. The van der Waals surface area contributed by atoms with Crippen molar-refractivity contribution in [3.8, 4) is 22.9 Å². The fourth-order valence-corrected chi connectivity index (χ4v) is 5.15. The molecule has 1 N–H and O–H groups in total. The van der Waals surface area contributed by atoms with Gasteiger partial charge in [0.25, 0.3) is 5.91 Å².